The summed E-state index contributed by atoms with van der Waals surface area (Å²) in [6, 6.07) is 16.9. The van der Waals surface area contributed by atoms with E-state index in [9.17, 15) is 9.90 Å². The first-order valence-corrected chi connectivity index (χ1v) is 8.95. The molecule has 0 unspecified atom stereocenters. The van der Waals surface area contributed by atoms with Crippen molar-refractivity contribution in [2.24, 2.45) is 0 Å². The minimum atomic E-state index is -0.471. The minimum absolute atomic E-state index is 0.198. The summed E-state index contributed by atoms with van der Waals surface area (Å²) >= 11 is 7.60. The minimum Gasteiger partial charge on any atom is -0.501 e. The maximum Gasteiger partial charge on any atom is 0.235 e. The summed E-state index contributed by atoms with van der Waals surface area (Å²) in [4.78, 5) is 13.3. The van der Waals surface area contributed by atoms with Crippen molar-refractivity contribution in [1.82, 2.24) is 0 Å². The maximum atomic E-state index is 12.6. The van der Waals surface area contributed by atoms with E-state index in [1.165, 1.54) is 17.4 Å². The van der Waals surface area contributed by atoms with Gasteiger partial charge in [-0.1, -0.05) is 48.0 Å². The van der Waals surface area contributed by atoms with Gasteiger partial charge >= 0.3 is 0 Å². The molecule has 0 fully saturated rings. The Bertz CT molecular complexity index is 1100. The Labute approximate surface area is 152 Å². The number of rotatable bonds is 3. The van der Waals surface area contributed by atoms with E-state index in [0.717, 1.165) is 11.1 Å². The summed E-state index contributed by atoms with van der Waals surface area (Å²) < 4.78 is 5.98. The molecule has 2 aromatic carbocycles. The molecule has 25 heavy (non-hydrogen) atoms. The molecule has 3 nitrogen and oxygen atoms in total. The SMILES string of the molecule is O=c1c(O)c(-c2cccs2)oc2c(Cc3ccccc3)cc(Cl)cc12. The smallest absolute Gasteiger partial charge is 0.235 e. The molecule has 0 aliphatic rings. The van der Waals surface area contributed by atoms with Gasteiger partial charge < -0.3 is 9.52 Å². The number of aromatic hydroxyl groups is 1. The first-order chi connectivity index (χ1) is 12.1. The predicted octanol–water partition coefficient (Wildman–Crippen LogP) is 5.47. The Balaban J connectivity index is 1.98. The van der Waals surface area contributed by atoms with Crippen LogP contribution in [0.4, 0.5) is 0 Å². The summed E-state index contributed by atoms with van der Waals surface area (Å²) in [5.74, 6) is -0.188. The van der Waals surface area contributed by atoms with Crippen molar-refractivity contribution < 1.29 is 9.52 Å². The zero-order valence-corrected chi connectivity index (χ0v) is 14.6. The highest BCUT2D eigenvalue weighted by Gasteiger charge is 2.18. The summed E-state index contributed by atoms with van der Waals surface area (Å²) in [7, 11) is 0. The molecule has 4 aromatic rings. The fourth-order valence-electron chi connectivity index (χ4n) is 2.84. The summed E-state index contributed by atoms with van der Waals surface area (Å²) in [6.07, 6.45) is 0.579. The molecule has 2 aromatic heterocycles. The van der Waals surface area contributed by atoms with E-state index in [0.29, 0.717) is 21.9 Å². The molecule has 0 atom stereocenters. The monoisotopic (exact) mass is 368 g/mol. The third kappa shape index (κ3) is 2.95. The predicted molar refractivity (Wildman–Crippen MR) is 102 cm³/mol. The van der Waals surface area contributed by atoms with Crippen molar-refractivity contribution in [3.8, 4) is 16.4 Å². The van der Waals surface area contributed by atoms with Gasteiger partial charge in [0, 0.05) is 17.0 Å². The van der Waals surface area contributed by atoms with Gasteiger partial charge in [0.2, 0.25) is 11.2 Å². The molecular weight excluding hydrogens is 356 g/mol. The van der Waals surface area contributed by atoms with Crippen molar-refractivity contribution in [2.75, 3.05) is 0 Å². The van der Waals surface area contributed by atoms with E-state index in [1.54, 1.807) is 12.1 Å². The van der Waals surface area contributed by atoms with Crippen LogP contribution in [0.2, 0.25) is 5.02 Å². The molecule has 0 aliphatic carbocycles. The zero-order chi connectivity index (χ0) is 17.4. The molecule has 0 amide bonds. The highest BCUT2D eigenvalue weighted by atomic mass is 35.5. The lowest BCUT2D eigenvalue weighted by molar-refractivity contribution is 0.449. The van der Waals surface area contributed by atoms with Gasteiger partial charge in [-0.15, -0.1) is 11.3 Å². The van der Waals surface area contributed by atoms with Crippen LogP contribution in [0.5, 0.6) is 5.75 Å². The molecule has 0 saturated heterocycles. The van der Waals surface area contributed by atoms with Crippen LogP contribution in [-0.4, -0.2) is 5.11 Å². The molecule has 0 saturated carbocycles. The van der Waals surface area contributed by atoms with Crippen LogP contribution in [0, 0.1) is 0 Å². The Kier molecular flexibility index (Phi) is 4.07. The molecule has 0 radical (unpaired) electrons. The number of thiophene rings is 1. The Morgan fingerprint density at radius 2 is 1.88 bits per heavy atom. The standard InChI is InChI=1S/C20H13ClO3S/c21-14-10-13(9-12-5-2-1-3-6-12)19-15(11-14)17(22)18(23)20(24-19)16-7-4-8-25-16/h1-8,10-11,23H,9H2. The second kappa shape index (κ2) is 6.39. The number of hydrogen-bond donors (Lipinski definition) is 1. The Morgan fingerprint density at radius 3 is 2.60 bits per heavy atom. The summed E-state index contributed by atoms with van der Waals surface area (Å²) in [6.45, 7) is 0. The Morgan fingerprint density at radius 1 is 1.08 bits per heavy atom. The molecule has 5 heteroatoms. The fourth-order valence-corrected chi connectivity index (χ4v) is 3.79. The lowest BCUT2D eigenvalue weighted by Crippen LogP contribution is -2.04. The van der Waals surface area contributed by atoms with Crippen LogP contribution in [0.3, 0.4) is 0 Å². The summed E-state index contributed by atoms with van der Waals surface area (Å²) in [5, 5.41) is 12.9. The van der Waals surface area contributed by atoms with Crippen LogP contribution < -0.4 is 5.43 Å². The van der Waals surface area contributed by atoms with Crippen molar-refractivity contribution in [3.05, 3.63) is 86.4 Å². The second-order valence-corrected chi connectivity index (χ2v) is 7.07. The highest BCUT2D eigenvalue weighted by molar-refractivity contribution is 7.13. The molecule has 0 aliphatic heterocycles. The van der Waals surface area contributed by atoms with Gasteiger partial charge in [-0.05, 0) is 29.1 Å². The topological polar surface area (TPSA) is 50.4 Å². The maximum absolute atomic E-state index is 12.6. The summed E-state index contributed by atoms with van der Waals surface area (Å²) in [5.41, 5.74) is 1.88. The van der Waals surface area contributed by atoms with Crippen LogP contribution in [0.1, 0.15) is 11.1 Å². The first kappa shape index (κ1) is 15.9. The van der Waals surface area contributed by atoms with E-state index in [4.69, 9.17) is 16.0 Å². The van der Waals surface area contributed by atoms with E-state index in [2.05, 4.69) is 0 Å². The average Bonchev–Trinajstić information content (AvgIpc) is 3.14. The quantitative estimate of drug-likeness (QED) is 0.521. The van der Waals surface area contributed by atoms with Crippen molar-refractivity contribution in [2.45, 2.75) is 6.42 Å². The lowest BCUT2D eigenvalue weighted by atomic mass is 10.0. The average molecular weight is 369 g/mol. The van der Waals surface area contributed by atoms with E-state index in [1.807, 2.05) is 41.8 Å². The number of halogens is 1. The van der Waals surface area contributed by atoms with E-state index >= 15 is 0 Å². The van der Waals surface area contributed by atoms with E-state index < -0.39 is 5.43 Å². The lowest BCUT2D eigenvalue weighted by Gasteiger charge is -2.10. The van der Waals surface area contributed by atoms with Crippen molar-refractivity contribution in [1.29, 1.82) is 0 Å². The van der Waals surface area contributed by atoms with Gasteiger partial charge in [0.1, 0.15) is 5.58 Å². The van der Waals surface area contributed by atoms with Crippen LogP contribution >= 0.6 is 22.9 Å². The number of benzene rings is 2. The molecule has 0 spiro atoms. The third-order valence-corrected chi connectivity index (χ3v) is 5.08. The van der Waals surface area contributed by atoms with Gasteiger partial charge in [-0.2, -0.15) is 0 Å². The van der Waals surface area contributed by atoms with E-state index in [-0.39, 0.29) is 16.9 Å². The van der Waals surface area contributed by atoms with Gasteiger partial charge in [-0.3, -0.25) is 4.79 Å². The molecule has 0 bridgehead atoms. The molecule has 124 valence electrons. The first-order valence-electron chi connectivity index (χ1n) is 7.69. The Hall–Kier alpha value is -2.56. The highest BCUT2D eigenvalue weighted by Crippen LogP contribution is 2.35. The van der Waals surface area contributed by atoms with Gasteiger partial charge in [0.05, 0.1) is 10.3 Å². The molecule has 1 N–H and O–H groups in total. The molecular formula is C20H13ClO3S. The fraction of sp³-hybridized carbons (Fsp3) is 0.0500. The third-order valence-electron chi connectivity index (χ3n) is 3.99. The van der Waals surface area contributed by atoms with Crippen molar-refractivity contribution >= 4 is 33.9 Å². The van der Waals surface area contributed by atoms with Crippen LogP contribution in [-0.2, 0) is 6.42 Å². The second-order valence-electron chi connectivity index (χ2n) is 5.69. The number of hydrogen-bond acceptors (Lipinski definition) is 4. The number of fused-ring (bicyclic) bond motifs is 1. The van der Waals surface area contributed by atoms with Gasteiger partial charge in [0.25, 0.3) is 0 Å². The largest absolute Gasteiger partial charge is 0.501 e. The molecule has 4 rings (SSSR count). The van der Waals surface area contributed by atoms with Gasteiger partial charge in [0.15, 0.2) is 5.76 Å². The van der Waals surface area contributed by atoms with Crippen LogP contribution in [0.15, 0.2) is 69.2 Å². The van der Waals surface area contributed by atoms with Gasteiger partial charge in [-0.25, -0.2) is 0 Å². The zero-order valence-electron chi connectivity index (χ0n) is 13.0. The van der Waals surface area contributed by atoms with Crippen LogP contribution in [0.25, 0.3) is 21.6 Å². The molecule has 2 heterocycles. The normalized spacial score (nSPS) is 11.1. The van der Waals surface area contributed by atoms with Crippen molar-refractivity contribution in [3.63, 3.8) is 0 Å².